The van der Waals surface area contributed by atoms with Crippen LogP contribution < -0.4 is 0 Å². The van der Waals surface area contributed by atoms with Gasteiger partial charge in [0.05, 0.1) is 0 Å². The predicted molar refractivity (Wildman–Crippen MR) is 59.7 cm³/mol. The van der Waals surface area contributed by atoms with Gasteiger partial charge in [-0.1, -0.05) is 53.4 Å². The third-order valence-electron chi connectivity index (χ3n) is 4.29. The lowest BCUT2D eigenvalue weighted by molar-refractivity contribution is 0.417. The Bertz CT molecular complexity index is 135. The van der Waals surface area contributed by atoms with Crippen LogP contribution in [0.5, 0.6) is 0 Å². The average molecular weight is 182 g/mol. The Balaban J connectivity index is 2.13. The van der Waals surface area contributed by atoms with Gasteiger partial charge in [0.25, 0.3) is 0 Å². The fourth-order valence-electron chi connectivity index (χ4n) is 2.91. The Hall–Kier alpha value is 0. The molecule has 0 aliphatic heterocycles. The Kier molecular flexibility index (Phi) is 4.28. The summed E-state index contributed by atoms with van der Waals surface area (Å²) in [7, 11) is 0. The highest BCUT2D eigenvalue weighted by atomic mass is 14.5. The first kappa shape index (κ1) is 11.1. The van der Waals surface area contributed by atoms with Gasteiger partial charge >= 0.3 is 0 Å². The van der Waals surface area contributed by atoms with E-state index in [0.717, 1.165) is 23.7 Å². The molecule has 1 saturated carbocycles. The summed E-state index contributed by atoms with van der Waals surface area (Å²) in [5.74, 6) is 4.21. The van der Waals surface area contributed by atoms with Crippen LogP contribution in [0.3, 0.4) is 0 Å². The summed E-state index contributed by atoms with van der Waals surface area (Å²) >= 11 is 0. The van der Waals surface area contributed by atoms with E-state index in [1.807, 2.05) is 0 Å². The zero-order chi connectivity index (χ0) is 9.84. The van der Waals surface area contributed by atoms with Crippen molar-refractivity contribution in [1.29, 1.82) is 0 Å². The van der Waals surface area contributed by atoms with Gasteiger partial charge in [-0.2, -0.15) is 0 Å². The van der Waals surface area contributed by atoms with Crippen LogP contribution in [0.25, 0.3) is 0 Å². The second kappa shape index (κ2) is 5.02. The van der Waals surface area contributed by atoms with Gasteiger partial charge in [-0.15, -0.1) is 0 Å². The smallest absolute Gasteiger partial charge is 0.0355 e. The molecule has 3 unspecified atom stereocenters. The summed E-state index contributed by atoms with van der Waals surface area (Å²) in [4.78, 5) is 0. The minimum absolute atomic E-state index is 1.00. The lowest BCUT2D eigenvalue weighted by Crippen LogP contribution is -1.97. The van der Waals surface area contributed by atoms with E-state index in [0.29, 0.717) is 0 Å². The predicted octanol–water partition coefficient (Wildman–Crippen LogP) is 4.49. The Morgan fingerprint density at radius 1 is 1.00 bits per heavy atom. The van der Waals surface area contributed by atoms with Crippen LogP contribution in [0.15, 0.2) is 0 Å². The molecule has 0 aromatic heterocycles. The topological polar surface area (TPSA) is 0 Å². The molecule has 1 rings (SSSR count). The van der Waals surface area contributed by atoms with Crippen molar-refractivity contribution in [3.05, 3.63) is 0 Å². The molecule has 0 radical (unpaired) electrons. The quantitative estimate of drug-likeness (QED) is 0.567. The highest BCUT2D eigenvalue weighted by molar-refractivity contribution is 4.92. The number of hydrogen-bond donors (Lipinski definition) is 0. The van der Waals surface area contributed by atoms with Crippen molar-refractivity contribution in [3.63, 3.8) is 0 Å². The third kappa shape index (κ3) is 2.72. The molecule has 1 fully saturated rings. The van der Waals surface area contributed by atoms with E-state index in [2.05, 4.69) is 27.7 Å². The summed E-state index contributed by atoms with van der Waals surface area (Å²) in [6, 6.07) is 0. The molecule has 0 nitrogen and oxygen atoms in total. The van der Waals surface area contributed by atoms with E-state index in [1.54, 1.807) is 0 Å². The Morgan fingerprint density at radius 2 is 1.62 bits per heavy atom. The maximum absolute atomic E-state index is 2.44. The lowest BCUT2D eigenvalue weighted by Gasteiger charge is -2.11. The Labute approximate surface area is 84.1 Å². The van der Waals surface area contributed by atoms with Crippen LogP contribution in [0.1, 0.15) is 59.8 Å². The summed E-state index contributed by atoms with van der Waals surface area (Å²) in [6.45, 7) is 9.45. The second-order valence-electron chi connectivity index (χ2n) is 4.85. The largest absolute Gasteiger partial charge is 0.0651 e. The minimum Gasteiger partial charge on any atom is -0.0651 e. The maximum atomic E-state index is 2.44. The van der Waals surface area contributed by atoms with Crippen LogP contribution in [0.2, 0.25) is 0 Å². The molecule has 0 heterocycles. The zero-order valence-corrected chi connectivity index (χ0v) is 9.84. The minimum atomic E-state index is 1.00. The van der Waals surface area contributed by atoms with Crippen molar-refractivity contribution in [3.8, 4) is 0 Å². The van der Waals surface area contributed by atoms with Gasteiger partial charge in [-0.3, -0.25) is 0 Å². The monoisotopic (exact) mass is 182 g/mol. The lowest BCUT2D eigenvalue weighted by atomic mass is 9.95. The molecule has 1 aliphatic carbocycles. The second-order valence-corrected chi connectivity index (χ2v) is 4.85. The van der Waals surface area contributed by atoms with Crippen LogP contribution in [-0.2, 0) is 0 Å². The molecule has 1 aliphatic rings. The highest BCUT2D eigenvalue weighted by Gasteiger charge is 2.43. The summed E-state index contributed by atoms with van der Waals surface area (Å²) < 4.78 is 0. The van der Waals surface area contributed by atoms with Crippen molar-refractivity contribution in [2.75, 3.05) is 0 Å². The number of hydrogen-bond acceptors (Lipinski definition) is 0. The van der Waals surface area contributed by atoms with Crippen LogP contribution >= 0.6 is 0 Å². The summed E-state index contributed by atoms with van der Waals surface area (Å²) in [5.41, 5.74) is 0. The van der Waals surface area contributed by atoms with Crippen molar-refractivity contribution >= 4 is 0 Å². The van der Waals surface area contributed by atoms with Crippen LogP contribution in [0.4, 0.5) is 0 Å². The Morgan fingerprint density at radius 3 is 2.00 bits per heavy atom. The van der Waals surface area contributed by atoms with Crippen LogP contribution in [0, 0.1) is 23.7 Å². The summed E-state index contributed by atoms with van der Waals surface area (Å²) in [5, 5.41) is 0. The zero-order valence-electron chi connectivity index (χ0n) is 9.84. The molecule has 0 amide bonds. The molecule has 0 saturated heterocycles. The fraction of sp³-hybridized carbons (Fsp3) is 1.00. The molecule has 78 valence electrons. The standard InChI is InChI=1S/C13H26/c1-5-11(6-2)8-9-13-10(4)12(13)7-3/h10-13H,5-9H2,1-4H3. The van der Waals surface area contributed by atoms with Gasteiger partial charge < -0.3 is 0 Å². The molecule has 13 heavy (non-hydrogen) atoms. The SMILES string of the molecule is CCC(CC)CCC1C(C)C1CC. The van der Waals surface area contributed by atoms with Crippen molar-refractivity contribution < 1.29 is 0 Å². The van der Waals surface area contributed by atoms with E-state index in [4.69, 9.17) is 0 Å². The van der Waals surface area contributed by atoms with Gasteiger partial charge in [0.15, 0.2) is 0 Å². The molecule has 0 aromatic rings. The van der Waals surface area contributed by atoms with Crippen LogP contribution in [-0.4, -0.2) is 0 Å². The summed E-state index contributed by atoms with van der Waals surface area (Å²) in [6.07, 6.45) is 7.17. The first-order valence-electron chi connectivity index (χ1n) is 6.24. The number of rotatable bonds is 6. The van der Waals surface area contributed by atoms with E-state index in [-0.39, 0.29) is 0 Å². The van der Waals surface area contributed by atoms with E-state index < -0.39 is 0 Å². The molecular weight excluding hydrogens is 156 g/mol. The van der Waals surface area contributed by atoms with Gasteiger partial charge in [-0.05, 0) is 30.1 Å². The fourth-order valence-corrected chi connectivity index (χ4v) is 2.91. The van der Waals surface area contributed by atoms with Crippen molar-refractivity contribution in [2.45, 2.75) is 59.8 Å². The van der Waals surface area contributed by atoms with E-state index in [1.165, 1.54) is 32.1 Å². The maximum Gasteiger partial charge on any atom is -0.0355 e. The first-order valence-corrected chi connectivity index (χ1v) is 6.24. The van der Waals surface area contributed by atoms with E-state index in [9.17, 15) is 0 Å². The third-order valence-corrected chi connectivity index (χ3v) is 4.29. The molecule has 0 bridgehead atoms. The van der Waals surface area contributed by atoms with Gasteiger partial charge in [0, 0.05) is 0 Å². The van der Waals surface area contributed by atoms with Crippen molar-refractivity contribution in [2.24, 2.45) is 23.7 Å². The molecule has 0 aromatic carbocycles. The molecule has 0 spiro atoms. The average Bonchev–Trinajstić information content (AvgIpc) is 2.78. The molecule has 0 heteroatoms. The van der Waals surface area contributed by atoms with Gasteiger partial charge in [-0.25, -0.2) is 0 Å². The highest BCUT2D eigenvalue weighted by Crippen LogP contribution is 2.51. The van der Waals surface area contributed by atoms with Crippen molar-refractivity contribution in [1.82, 2.24) is 0 Å². The normalized spacial score (nSPS) is 32.5. The molecule has 3 atom stereocenters. The van der Waals surface area contributed by atoms with E-state index >= 15 is 0 Å². The molecular formula is C13H26. The van der Waals surface area contributed by atoms with Gasteiger partial charge in [0.1, 0.15) is 0 Å². The van der Waals surface area contributed by atoms with Gasteiger partial charge in [0.2, 0.25) is 0 Å². The molecule has 0 N–H and O–H groups in total. The first-order chi connectivity index (χ1) is 6.24.